The van der Waals surface area contributed by atoms with E-state index >= 15 is 0 Å². The number of tetrazole rings is 1. The van der Waals surface area contributed by atoms with E-state index in [0.717, 1.165) is 42.5 Å². The molecule has 0 unspecified atom stereocenters. The Labute approximate surface area is 136 Å². The maximum Gasteiger partial charge on any atom is 0.221 e. The highest BCUT2D eigenvalue weighted by molar-refractivity contribution is 7.71. The number of piperidine rings is 1. The van der Waals surface area contributed by atoms with Crippen LogP contribution in [0.15, 0.2) is 18.2 Å². The second-order valence-electron chi connectivity index (χ2n) is 6.36. The molecule has 1 aromatic heterocycles. The number of hydrogen-bond donors (Lipinski definition) is 0. The van der Waals surface area contributed by atoms with Gasteiger partial charge in [0, 0.05) is 13.1 Å². The third-order valence-electron chi connectivity index (χ3n) is 4.50. The Balaban J connectivity index is 1.85. The second kappa shape index (κ2) is 6.30. The molecule has 1 fully saturated rings. The molecule has 1 saturated heterocycles. The van der Waals surface area contributed by atoms with E-state index in [2.05, 4.69) is 54.3 Å². The van der Waals surface area contributed by atoms with Crippen molar-refractivity contribution in [1.29, 1.82) is 0 Å². The van der Waals surface area contributed by atoms with Gasteiger partial charge in [0.15, 0.2) is 0 Å². The zero-order valence-electron chi connectivity index (χ0n) is 13.5. The first kappa shape index (κ1) is 15.4. The molecule has 1 aliphatic heterocycles. The third kappa shape index (κ3) is 2.98. The number of nitrogens with zero attached hydrogens (tertiary/aromatic N) is 5. The summed E-state index contributed by atoms with van der Waals surface area (Å²) in [4.78, 5) is 2.40. The van der Waals surface area contributed by atoms with Gasteiger partial charge in [-0.05, 0) is 66.4 Å². The van der Waals surface area contributed by atoms with Gasteiger partial charge in [0.1, 0.15) is 0 Å². The molecule has 0 spiro atoms. The largest absolute Gasteiger partial charge is 0.284 e. The van der Waals surface area contributed by atoms with Crippen molar-refractivity contribution in [2.75, 3.05) is 13.1 Å². The summed E-state index contributed by atoms with van der Waals surface area (Å²) in [6, 6.07) is 6.21. The van der Waals surface area contributed by atoms with Gasteiger partial charge in [-0.2, -0.15) is 4.68 Å². The molecule has 0 saturated carbocycles. The molecule has 22 heavy (non-hydrogen) atoms. The first-order chi connectivity index (χ1) is 10.6. The molecule has 118 valence electrons. The van der Waals surface area contributed by atoms with Crippen molar-refractivity contribution in [3.63, 3.8) is 0 Å². The fraction of sp³-hybridized carbons (Fsp3) is 0.562. The van der Waals surface area contributed by atoms with Crippen LogP contribution in [0.3, 0.4) is 0 Å². The highest BCUT2D eigenvalue weighted by Gasteiger charge is 2.17. The lowest BCUT2D eigenvalue weighted by molar-refractivity contribution is 0.145. The Morgan fingerprint density at radius 1 is 1.14 bits per heavy atom. The number of rotatable bonds is 3. The van der Waals surface area contributed by atoms with E-state index in [9.17, 15) is 0 Å². The molecule has 0 atom stereocenters. The molecular formula is C16H23N5S. The van der Waals surface area contributed by atoms with Crippen LogP contribution in [0.25, 0.3) is 5.69 Å². The molecular weight excluding hydrogens is 294 g/mol. The van der Waals surface area contributed by atoms with Crippen LogP contribution in [0, 0.1) is 24.5 Å². The van der Waals surface area contributed by atoms with Crippen LogP contribution in [0.5, 0.6) is 0 Å². The molecule has 6 heteroatoms. The summed E-state index contributed by atoms with van der Waals surface area (Å²) < 4.78 is 4.28. The summed E-state index contributed by atoms with van der Waals surface area (Å²) in [7, 11) is 0. The van der Waals surface area contributed by atoms with Crippen molar-refractivity contribution < 1.29 is 0 Å². The maximum absolute atomic E-state index is 5.59. The Bertz CT molecular complexity index is 689. The van der Waals surface area contributed by atoms with Gasteiger partial charge in [-0.3, -0.25) is 4.90 Å². The number of hydrogen-bond acceptors (Lipinski definition) is 4. The summed E-state index contributed by atoms with van der Waals surface area (Å²) in [5.41, 5.74) is 3.37. The summed E-state index contributed by atoms with van der Waals surface area (Å²) in [5, 5.41) is 8.56. The molecule has 1 aromatic carbocycles. The first-order valence-corrected chi connectivity index (χ1v) is 8.29. The van der Waals surface area contributed by atoms with E-state index in [-0.39, 0.29) is 0 Å². The Morgan fingerprint density at radius 3 is 2.41 bits per heavy atom. The molecule has 0 amide bonds. The number of para-hydroxylation sites is 1. The maximum atomic E-state index is 5.59. The third-order valence-corrected chi connectivity index (χ3v) is 4.88. The van der Waals surface area contributed by atoms with E-state index in [0.29, 0.717) is 4.77 Å². The fourth-order valence-electron chi connectivity index (χ4n) is 3.04. The number of likely N-dealkylation sites (tertiary alicyclic amines) is 1. The second-order valence-corrected chi connectivity index (χ2v) is 6.72. The molecule has 5 nitrogen and oxygen atoms in total. The summed E-state index contributed by atoms with van der Waals surface area (Å²) in [6.45, 7) is 9.43. The molecule has 2 aromatic rings. The normalized spacial score (nSPS) is 17.0. The predicted octanol–water partition coefficient (Wildman–Crippen LogP) is 3.10. The SMILES string of the molecule is Cc1cccc(C)c1-n1nnn(CN2CCC(C)CC2)c1=S. The van der Waals surface area contributed by atoms with Gasteiger partial charge in [0.25, 0.3) is 0 Å². The smallest absolute Gasteiger partial charge is 0.221 e. The quantitative estimate of drug-likeness (QED) is 0.816. The van der Waals surface area contributed by atoms with E-state index in [1.54, 1.807) is 4.68 Å². The van der Waals surface area contributed by atoms with E-state index < -0.39 is 0 Å². The summed E-state index contributed by atoms with van der Waals surface area (Å²) >= 11 is 5.59. The van der Waals surface area contributed by atoms with Crippen LogP contribution in [0.4, 0.5) is 0 Å². The lowest BCUT2D eigenvalue weighted by Crippen LogP contribution is -2.34. The van der Waals surface area contributed by atoms with E-state index in [4.69, 9.17) is 12.2 Å². The van der Waals surface area contributed by atoms with Crippen molar-refractivity contribution in [2.45, 2.75) is 40.3 Å². The minimum atomic E-state index is 0.663. The molecule has 0 aliphatic carbocycles. The topological polar surface area (TPSA) is 38.9 Å². The van der Waals surface area contributed by atoms with Crippen LogP contribution >= 0.6 is 12.2 Å². The van der Waals surface area contributed by atoms with Crippen LogP contribution in [0.1, 0.15) is 30.9 Å². The standard InChI is InChI=1S/C16H23N5S/c1-12-7-9-19(10-8-12)11-20-16(22)21(18-17-20)15-13(2)5-4-6-14(15)3/h4-6,12H,7-11H2,1-3H3. The van der Waals surface area contributed by atoms with Gasteiger partial charge >= 0.3 is 0 Å². The molecule has 2 heterocycles. The fourth-order valence-corrected chi connectivity index (χ4v) is 3.26. The van der Waals surface area contributed by atoms with Crippen LogP contribution in [-0.2, 0) is 6.67 Å². The molecule has 0 N–H and O–H groups in total. The highest BCUT2D eigenvalue weighted by Crippen LogP contribution is 2.19. The van der Waals surface area contributed by atoms with Gasteiger partial charge in [-0.1, -0.05) is 25.1 Å². The monoisotopic (exact) mass is 317 g/mol. The average Bonchev–Trinajstić information content (AvgIpc) is 2.83. The lowest BCUT2D eigenvalue weighted by Gasteiger charge is -2.29. The molecule has 3 rings (SSSR count). The van der Waals surface area contributed by atoms with E-state index in [1.807, 2.05) is 4.68 Å². The van der Waals surface area contributed by atoms with Gasteiger partial charge < -0.3 is 0 Å². The zero-order chi connectivity index (χ0) is 15.7. The summed E-state index contributed by atoms with van der Waals surface area (Å²) in [6.07, 6.45) is 2.50. The average molecular weight is 317 g/mol. The van der Waals surface area contributed by atoms with Crippen LogP contribution in [0.2, 0.25) is 0 Å². The minimum Gasteiger partial charge on any atom is -0.284 e. The minimum absolute atomic E-state index is 0.663. The van der Waals surface area contributed by atoms with Crippen molar-refractivity contribution in [1.82, 2.24) is 24.7 Å². The Kier molecular flexibility index (Phi) is 4.40. The van der Waals surface area contributed by atoms with Gasteiger partial charge in [-0.25, -0.2) is 4.68 Å². The lowest BCUT2D eigenvalue weighted by atomic mass is 10.00. The van der Waals surface area contributed by atoms with Gasteiger partial charge in [0.2, 0.25) is 4.77 Å². The van der Waals surface area contributed by atoms with Crippen molar-refractivity contribution in [3.05, 3.63) is 34.1 Å². The van der Waals surface area contributed by atoms with E-state index in [1.165, 1.54) is 12.8 Å². The first-order valence-electron chi connectivity index (χ1n) is 7.88. The van der Waals surface area contributed by atoms with Gasteiger partial charge in [0.05, 0.1) is 12.4 Å². The highest BCUT2D eigenvalue weighted by atomic mass is 32.1. The van der Waals surface area contributed by atoms with Crippen LogP contribution < -0.4 is 0 Å². The summed E-state index contributed by atoms with van der Waals surface area (Å²) in [5.74, 6) is 0.828. The zero-order valence-corrected chi connectivity index (χ0v) is 14.3. The van der Waals surface area contributed by atoms with Crippen molar-refractivity contribution in [3.8, 4) is 5.69 Å². The number of aryl methyl sites for hydroxylation is 2. The van der Waals surface area contributed by atoms with Gasteiger partial charge in [-0.15, -0.1) is 0 Å². The predicted molar refractivity (Wildman–Crippen MR) is 89.6 cm³/mol. The molecule has 0 bridgehead atoms. The molecule has 1 aliphatic rings. The number of aromatic nitrogens is 4. The van der Waals surface area contributed by atoms with Crippen molar-refractivity contribution in [2.24, 2.45) is 5.92 Å². The Morgan fingerprint density at radius 2 is 1.77 bits per heavy atom. The Hall–Kier alpha value is -1.53. The molecule has 0 radical (unpaired) electrons. The van der Waals surface area contributed by atoms with Crippen LogP contribution in [-0.4, -0.2) is 37.8 Å². The van der Waals surface area contributed by atoms with Crippen molar-refractivity contribution >= 4 is 12.2 Å². The number of benzene rings is 1.